The lowest BCUT2D eigenvalue weighted by molar-refractivity contribution is -0.128. The van der Waals surface area contributed by atoms with Crippen molar-refractivity contribution in [3.8, 4) is 5.75 Å². The van der Waals surface area contributed by atoms with Gasteiger partial charge in [0.2, 0.25) is 5.91 Å². The van der Waals surface area contributed by atoms with Crippen molar-refractivity contribution in [1.29, 1.82) is 0 Å². The number of ether oxygens (including phenoxy) is 1. The third kappa shape index (κ3) is 3.77. The zero-order valence-corrected chi connectivity index (χ0v) is 17.4. The normalized spacial score (nSPS) is 16.9. The highest BCUT2D eigenvalue weighted by Gasteiger charge is 2.36. The van der Waals surface area contributed by atoms with Crippen LogP contribution >= 0.6 is 11.8 Å². The zero-order chi connectivity index (χ0) is 20.4. The minimum Gasteiger partial charge on any atom is -0.497 e. The molecule has 0 spiro atoms. The largest absolute Gasteiger partial charge is 0.497 e. The number of amides is 1. The number of aromatic nitrogens is 1. The Kier molecular flexibility index (Phi) is 5.38. The van der Waals surface area contributed by atoms with Crippen molar-refractivity contribution in [2.24, 2.45) is 0 Å². The number of methoxy groups -OCH3 is 1. The average molecular weight is 429 g/mol. The predicted molar refractivity (Wildman–Crippen MR) is 112 cm³/mol. The number of thioether (sulfide) groups is 1. The first-order valence-corrected chi connectivity index (χ1v) is 11.5. The summed E-state index contributed by atoms with van der Waals surface area (Å²) in [6, 6.07) is 19.3. The number of hydrogen-bond donors (Lipinski definition) is 0. The van der Waals surface area contributed by atoms with Gasteiger partial charge < -0.3 is 9.64 Å². The Morgan fingerprint density at radius 2 is 1.76 bits per heavy atom. The van der Waals surface area contributed by atoms with E-state index < -0.39 is 10.0 Å². The maximum absolute atomic E-state index is 13.1. The molecule has 3 aromatic rings. The van der Waals surface area contributed by atoms with Gasteiger partial charge in [-0.05, 0) is 42.0 Å². The van der Waals surface area contributed by atoms with E-state index in [1.54, 1.807) is 54.5 Å². The van der Waals surface area contributed by atoms with Gasteiger partial charge in [0.1, 0.15) is 11.1 Å². The standard InChI is InChI=1S/C21H20N2O4S2/c1-27-17-11-9-16(10-12-17)14-22-20(24)15-28-21(22)19-8-5-13-23(19)29(25,26)18-6-3-2-4-7-18/h2-13,21H,14-15H2,1H3. The van der Waals surface area contributed by atoms with Crippen molar-refractivity contribution in [3.63, 3.8) is 0 Å². The molecule has 2 aromatic carbocycles. The third-order valence-corrected chi connectivity index (χ3v) is 7.72. The Hall–Kier alpha value is -2.71. The van der Waals surface area contributed by atoms with Crippen molar-refractivity contribution in [2.45, 2.75) is 16.8 Å². The van der Waals surface area contributed by atoms with Crippen LogP contribution in [0.15, 0.2) is 77.8 Å². The van der Waals surface area contributed by atoms with Crippen LogP contribution < -0.4 is 4.74 Å². The summed E-state index contributed by atoms with van der Waals surface area (Å²) >= 11 is 1.44. The van der Waals surface area contributed by atoms with Crippen LogP contribution in [-0.4, -0.2) is 36.1 Å². The molecule has 0 radical (unpaired) electrons. The molecule has 1 amide bonds. The van der Waals surface area contributed by atoms with E-state index in [0.717, 1.165) is 11.3 Å². The first-order chi connectivity index (χ1) is 14.0. The summed E-state index contributed by atoms with van der Waals surface area (Å²) in [6.45, 7) is 0.400. The molecule has 1 fully saturated rings. The van der Waals surface area contributed by atoms with E-state index in [2.05, 4.69) is 0 Å². The zero-order valence-electron chi connectivity index (χ0n) is 15.8. The number of benzene rings is 2. The van der Waals surface area contributed by atoms with Crippen molar-refractivity contribution >= 4 is 27.7 Å². The van der Waals surface area contributed by atoms with Crippen LogP contribution in [-0.2, 0) is 21.4 Å². The van der Waals surface area contributed by atoms with Gasteiger partial charge in [-0.25, -0.2) is 12.4 Å². The quantitative estimate of drug-likeness (QED) is 0.601. The Balaban J connectivity index is 1.66. The summed E-state index contributed by atoms with van der Waals surface area (Å²) in [5.74, 6) is 1.05. The van der Waals surface area contributed by atoms with Gasteiger partial charge in [-0.15, -0.1) is 11.8 Å². The molecule has 1 aromatic heterocycles. The second-order valence-electron chi connectivity index (χ2n) is 6.58. The maximum Gasteiger partial charge on any atom is 0.267 e. The van der Waals surface area contributed by atoms with Crippen LogP contribution in [0.25, 0.3) is 0 Å². The molecule has 29 heavy (non-hydrogen) atoms. The minimum absolute atomic E-state index is 0.0133. The van der Waals surface area contributed by atoms with Crippen molar-refractivity contribution in [1.82, 2.24) is 8.87 Å². The van der Waals surface area contributed by atoms with Crippen molar-refractivity contribution < 1.29 is 17.9 Å². The highest BCUT2D eigenvalue weighted by molar-refractivity contribution is 8.00. The fourth-order valence-corrected chi connectivity index (χ4v) is 5.96. The molecule has 1 aliphatic rings. The molecule has 8 heteroatoms. The van der Waals surface area contributed by atoms with Gasteiger partial charge in [0.15, 0.2) is 0 Å². The molecule has 1 aliphatic heterocycles. The number of carbonyl (C=O) groups excluding carboxylic acids is 1. The number of nitrogens with zero attached hydrogens (tertiary/aromatic N) is 2. The lowest BCUT2D eigenvalue weighted by Crippen LogP contribution is -2.29. The molecule has 6 nitrogen and oxygen atoms in total. The van der Waals surface area contributed by atoms with Gasteiger partial charge in [0.25, 0.3) is 10.0 Å². The average Bonchev–Trinajstić information content (AvgIpc) is 3.37. The molecule has 150 valence electrons. The Morgan fingerprint density at radius 1 is 1.03 bits per heavy atom. The molecule has 1 unspecified atom stereocenters. The molecule has 2 heterocycles. The van der Waals surface area contributed by atoms with E-state index in [-0.39, 0.29) is 16.2 Å². The van der Waals surface area contributed by atoms with Crippen LogP contribution in [0.5, 0.6) is 5.75 Å². The monoisotopic (exact) mass is 428 g/mol. The number of rotatable bonds is 6. The maximum atomic E-state index is 13.1. The number of hydrogen-bond acceptors (Lipinski definition) is 5. The van der Waals surface area contributed by atoms with E-state index >= 15 is 0 Å². The van der Waals surface area contributed by atoms with E-state index in [4.69, 9.17) is 4.74 Å². The van der Waals surface area contributed by atoms with Crippen LogP contribution in [0, 0.1) is 0 Å². The van der Waals surface area contributed by atoms with E-state index in [0.29, 0.717) is 18.0 Å². The van der Waals surface area contributed by atoms with Gasteiger partial charge in [0.05, 0.1) is 23.5 Å². The van der Waals surface area contributed by atoms with Gasteiger partial charge in [-0.2, -0.15) is 0 Å². The minimum atomic E-state index is -3.74. The molecule has 1 saturated heterocycles. The summed E-state index contributed by atoms with van der Waals surface area (Å²) < 4.78 is 32.7. The van der Waals surface area contributed by atoms with Crippen molar-refractivity contribution in [3.05, 3.63) is 84.2 Å². The van der Waals surface area contributed by atoms with Crippen LogP contribution in [0.2, 0.25) is 0 Å². The molecule has 0 bridgehead atoms. The smallest absolute Gasteiger partial charge is 0.267 e. The molecule has 1 atom stereocenters. The van der Waals surface area contributed by atoms with Crippen molar-refractivity contribution in [2.75, 3.05) is 12.9 Å². The summed E-state index contributed by atoms with van der Waals surface area (Å²) in [6.07, 6.45) is 1.53. The molecule has 0 aliphatic carbocycles. The fraction of sp³-hybridized carbons (Fsp3) is 0.190. The Morgan fingerprint density at radius 3 is 2.45 bits per heavy atom. The van der Waals surface area contributed by atoms with E-state index in [9.17, 15) is 13.2 Å². The Labute approximate surface area is 174 Å². The fourth-order valence-electron chi connectivity index (χ4n) is 3.29. The second kappa shape index (κ2) is 7.96. The highest BCUT2D eigenvalue weighted by atomic mass is 32.2. The lowest BCUT2D eigenvalue weighted by atomic mass is 10.2. The van der Waals surface area contributed by atoms with Crippen LogP contribution in [0.3, 0.4) is 0 Å². The highest BCUT2D eigenvalue weighted by Crippen LogP contribution is 2.40. The SMILES string of the molecule is COc1ccc(CN2C(=O)CSC2c2cccn2S(=O)(=O)c2ccccc2)cc1. The molecular formula is C21H20N2O4S2. The second-order valence-corrected chi connectivity index (χ2v) is 9.46. The number of carbonyl (C=O) groups is 1. The van der Waals surface area contributed by atoms with Gasteiger partial charge >= 0.3 is 0 Å². The van der Waals surface area contributed by atoms with E-state index in [1.807, 2.05) is 24.3 Å². The first kappa shape index (κ1) is 19.6. The van der Waals surface area contributed by atoms with Crippen LogP contribution in [0.4, 0.5) is 0 Å². The van der Waals surface area contributed by atoms with Crippen LogP contribution in [0.1, 0.15) is 16.6 Å². The third-order valence-electron chi connectivity index (χ3n) is 4.78. The predicted octanol–water partition coefficient (Wildman–Crippen LogP) is 3.51. The Bertz CT molecular complexity index is 1110. The molecular weight excluding hydrogens is 408 g/mol. The topological polar surface area (TPSA) is 68.6 Å². The summed E-state index contributed by atoms with van der Waals surface area (Å²) in [5, 5.41) is -0.377. The molecule has 4 rings (SSSR count). The molecule has 0 N–H and O–H groups in total. The lowest BCUT2D eigenvalue weighted by Gasteiger charge is -2.25. The summed E-state index contributed by atoms with van der Waals surface area (Å²) in [7, 11) is -2.13. The molecule has 0 saturated carbocycles. The van der Waals surface area contributed by atoms with Gasteiger partial charge in [0, 0.05) is 12.7 Å². The first-order valence-electron chi connectivity index (χ1n) is 9.02. The summed E-state index contributed by atoms with van der Waals surface area (Å²) in [4.78, 5) is 14.5. The van der Waals surface area contributed by atoms with E-state index in [1.165, 1.54) is 21.9 Å². The van der Waals surface area contributed by atoms with Gasteiger partial charge in [-0.1, -0.05) is 30.3 Å². The summed E-state index contributed by atoms with van der Waals surface area (Å²) in [5.41, 5.74) is 1.52. The van der Waals surface area contributed by atoms with Gasteiger partial charge in [-0.3, -0.25) is 4.79 Å².